The minimum atomic E-state index is -5.02. The number of aryl methyl sites for hydroxylation is 2. The van der Waals surface area contributed by atoms with Gasteiger partial charge in [-0.1, -0.05) is 17.7 Å². The zero-order valence-electron chi connectivity index (χ0n) is 34.7. The van der Waals surface area contributed by atoms with E-state index in [-0.39, 0.29) is 39.3 Å². The molecule has 350 valence electrons. The lowest BCUT2D eigenvalue weighted by molar-refractivity contribution is -0.141. The van der Waals surface area contributed by atoms with Crippen molar-refractivity contribution < 1.29 is 52.7 Å². The Labute approximate surface area is 376 Å². The quantitative estimate of drug-likeness (QED) is 0.115. The van der Waals surface area contributed by atoms with Crippen molar-refractivity contribution in [3.8, 4) is 17.1 Å². The average molecular weight is 979 g/mol. The highest BCUT2D eigenvalue weighted by Crippen LogP contribution is 2.68. The third-order valence-corrected chi connectivity index (χ3v) is 12.2. The van der Waals surface area contributed by atoms with Crippen LogP contribution in [0.5, 0.6) is 0 Å². The normalized spacial score (nSPS) is 17.0. The zero-order valence-corrected chi connectivity index (χ0v) is 36.3. The monoisotopic (exact) mass is 978 g/mol. The molecule has 4 aromatic heterocycles. The second-order valence-electron chi connectivity index (χ2n) is 16.4. The number of sulfonamides is 1. The predicted octanol–water partition coefficient (Wildman–Crippen LogP) is 8.12. The number of alkyl halides is 7. The molecule has 1 unspecified atom stereocenters. The van der Waals surface area contributed by atoms with Gasteiger partial charge in [0.1, 0.15) is 41.9 Å². The van der Waals surface area contributed by atoms with Gasteiger partial charge < -0.3 is 5.32 Å². The first-order chi connectivity index (χ1) is 31.4. The van der Waals surface area contributed by atoms with Crippen LogP contribution in [0.4, 0.5) is 45.3 Å². The largest absolute Gasteiger partial charge is 0.408 e. The van der Waals surface area contributed by atoms with Crippen LogP contribution in [0.15, 0.2) is 59.4 Å². The van der Waals surface area contributed by atoms with Crippen molar-refractivity contribution in [2.24, 2.45) is 5.92 Å². The molecule has 1 saturated carbocycles. The molecule has 0 aliphatic heterocycles. The van der Waals surface area contributed by atoms with E-state index in [9.17, 15) is 43.9 Å². The highest BCUT2D eigenvalue weighted by molar-refractivity contribution is 7.92. The zero-order chi connectivity index (χ0) is 48.2. The van der Waals surface area contributed by atoms with Gasteiger partial charge in [0.2, 0.25) is 15.9 Å². The minimum absolute atomic E-state index is 0.0714. The van der Waals surface area contributed by atoms with Gasteiger partial charge in [0.15, 0.2) is 11.6 Å². The highest BCUT2D eigenvalue weighted by Gasteiger charge is 2.67. The van der Waals surface area contributed by atoms with Crippen LogP contribution in [0, 0.1) is 31.4 Å². The molecule has 4 heterocycles. The lowest BCUT2D eigenvalue weighted by Gasteiger charge is -2.24. The number of carbonyl (C=O) groups excluding carboxylic acids is 1. The molecule has 3 atom stereocenters. The summed E-state index contributed by atoms with van der Waals surface area (Å²) in [7, 11) is -4.24. The van der Waals surface area contributed by atoms with Crippen molar-refractivity contribution >= 4 is 55.2 Å². The molecule has 67 heavy (non-hydrogen) atoms. The number of halogens is 10. The Hall–Kier alpha value is -6.56. The van der Waals surface area contributed by atoms with E-state index in [1.54, 1.807) is 19.9 Å². The smallest absolute Gasteiger partial charge is 0.344 e. The number of hydrogen-bond donors (Lipinski definition) is 2. The van der Waals surface area contributed by atoms with Crippen LogP contribution in [0.2, 0.25) is 5.02 Å². The van der Waals surface area contributed by atoms with Crippen molar-refractivity contribution in [2.75, 3.05) is 11.0 Å². The van der Waals surface area contributed by atoms with Gasteiger partial charge in [-0.3, -0.25) is 28.2 Å². The minimum Gasteiger partial charge on any atom is -0.344 e. The SMILES string of the molecule is Cc1cc(C)nc(-c2ccc3c(=O)n(-c4ccc(Cl)c5c(NS(C)(=O)=O)nn(CC(F)(F)F)c45)c([C@H](Cc4cc(F)cc(F)c4)NC(=O)Cn4nc(C(F)F)c5c4C(F)(F)[C@@H]4CC54)nc3c2)n1. The van der Waals surface area contributed by atoms with Gasteiger partial charge in [-0.25, -0.2) is 40.9 Å². The van der Waals surface area contributed by atoms with Crippen molar-refractivity contribution in [3.63, 3.8) is 0 Å². The fourth-order valence-corrected chi connectivity index (χ4v) is 9.50. The summed E-state index contributed by atoms with van der Waals surface area (Å²) in [5.74, 6) is -10.2. The second-order valence-corrected chi connectivity index (χ2v) is 18.5. The van der Waals surface area contributed by atoms with Crippen LogP contribution in [-0.2, 0) is 40.3 Å². The fraction of sp³-hybridized carbons (Fsp3) is 0.310. The molecule has 25 heteroatoms. The fourth-order valence-electron chi connectivity index (χ4n) is 8.76. The summed E-state index contributed by atoms with van der Waals surface area (Å²) in [5.41, 5.74) is -3.10. The van der Waals surface area contributed by atoms with Crippen LogP contribution in [-0.4, -0.2) is 65.8 Å². The van der Waals surface area contributed by atoms with Gasteiger partial charge >= 0.3 is 6.18 Å². The van der Waals surface area contributed by atoms with E-state index >= 15 is 13.6 Å². The third-order valence-electron chi connectivity index (χ3n) is 11.3. The summed E-state index contributed by atoms with van der Waals surface area (Å²) in [6.45, 7) is 0.435. The van der Waals surface area contributed by atoms with Gasteiger partial charge in [0.25, 0.3) is 17.9 Å². The summed E-state index contributed by atoms with van der Waals surface area (Å²) in [6, 6.07) is 8.59. The van der Waals surface area contributed by atoms with E-state index in [0.717, 1.165) is 28.8 Å². The number of carbonyl (C=O) groups is 1. The van der Waals surface area contributed by atoms with Crippen LogP contribution in [0.1, 0.15) is 64.5 Å². The Morgan fingerprint density at radius 1 is 0.955 bits per heavy atom. The lowest BCUT2D eigenvalue weighted by atomic mass is 10.0. The number of benzene rings is 3. The third kappa shape index (κ3) is 8.55. The first-order valence-corrected chi connectivity index (χ1v) is 22.3. The van der Waals surface area contributed by atoms with Crippen LogP contribution < -0.4 is 15.6 Å². The summed E-state index contributed by atoms with van der Waals surface area (Å²) in [4.78, 5) is 42.9. The summed E-state index contributed by atoms with van der Waals surface area (Å²) < 4.78 is 160. The molecule has 0 spiro atoms. The number of fused-ring (bicyclic) bond motifs is 5. The summed E-state index contributed by atoms with van der Waals surface area (Å²) in [5, 5.41) is 9.15. The Balaban J connectivity index is 1.30. The molecule has 3 aromatic carbocycles. The molecular formula is C42H32ClF9N10O4S. The topological polar surface area (TPSA) is 172 Å². The second kappa shape index (κ2) is 16.1. The molecular weight excluding hydrogens is 947 g/mol. The molecule has 7 aromatic rings. The molecule has 14 nitrogen and oxygen atoms in total. The van der Waals surface area contributed by atoms with Crippen molar-refractivity contribution in [1.82, 2.24) is 44.4 Å². The Bertz CT molecular complexity index is 3350. The molecule has 2 aliphatic rings. The number of rotatable bonds is 12. The average Bonchev–Trinajstić information content (AvgIpc) is 3.73. The predicted molar refractivity (Wildman–Crippen MR) is 224 cm³/mol. The standard InChI is InChI=1S/C42H32ClF9N10O4S/c1-17-8-18(2)54-37(53-17)20-4-5-23-27(12-20)56-39(62(40(23)64)29-7-6-26(43)32-34(29)61(16-41(48,49)50)58-38(32)59-67(3,65)66)28(11-19-9-21(44)13-22(45)10-19)55-30(63)15-60-35-31(33(57-60)36(46)47)24-14-25(24)42(35,51)52/h4-10,12-13,24-25,28,36H,11,14-16H2,1-3H3,(H,55,63)(H,58,59)/t24?,25-,28+/m1/s1. The van der Waals surface area contributed by atoms with Crippen molar-refractivity contribution in [1.29, 1.82) is 0 Å². The number of amides is 1. The van der Waals surface area contributed by atoms with E-state index in [4.69, 9.17) is 16.6 Å². The number of anilines is 1. The van der Waals surface area contributed by atoms with E-state index in [0.29, 0.717) is 38.6 Å². The van der Waals surface area contributed by atoms with Crippen LogP contribution in [0.25, 0.3) is 38.9 Å². The number of aromatic nitrogens is 8. The highest BCUT2D eigenvalue weighted by atomic mass is 35.5. The number of hydrogen-bond acceptors (Lipinski definition) is 9. The Morgan fingerprint density at radius 3 is 2.28 bits per heavy atom. The van der Waals surface area contributed by atoms with E-state index < -0.39 is 129 Å². The number of nitrogens with one attached hydrogen (secondary N) is 2. The molecule has 2 aliphatic carbocycles. The molecule has 2 N–H and O–H groups in total. The maximum Gasteiger partial charge on any atom is 0.408 e. The Kier molecular flexibility index (Phi) is 10.9. The van der Waals surface area contributed by atoms with Crippen molar-refractivity contribution in [3.05, 3.63) is 121 Å². The molecule has 0 bridgehead atoms. The van der Waals surface area contributed by atoms with E-state index in [1.165, 1.54) is 18.2 Å². The summed E-state index contributed by atoms with van der Waals surface area (Å²) >= 11 is 6.53. The molecule has 0 radical (unpaired) electrons. The first-order valence-electron chi connectivity index (χ1n) is 20.0. The van der Waals surface area contributed by atoms with Crippen LogP contribution in [0.3, 0.4) is 0 Å². The van der Waals surface area contributed by atoms with Gasteiger partial charge in [-0.05, 0) is 74.2 Å². The Morgan fingerprint density at radius 2 is 1.64 bits per heavy atom. The summed E-state index contributed by atoms with van der Waals surface area (Å²) in [6.07, 6.45) is -8.33. The van der Waals surface area contributed by atoms with E-state index in [1.807, 2.05) is 4.72 Å². The van der Waals surface area contributed by atoms with Gasteiger partial charge in [-0.2, -0.15) is 32.1 Å². The van der Waals surface area contributed by atoms with Crippen LogP contribution >= 0.6 is 11.6 Å². The maximum atomic E-state index is 15.6. The lowest BCUT2D eigenvalue weighted by Crippen LogP contribution is -2.38. The van der Waals surface area contributed by atoms with Gasteiger partial charge in [0, 0.05) is 40.9 Å². The maximum absolute atomic E-state index is 15.6. The molecule has 0 saturated heterocycles. The molecule has 1 fully saturated rings. The van der Waals surface area contributed by atoms with Gasteiger partial charge in [0.05, 0.1) is 44.8 Å². The van der Waals surface area contributed by atoms with Gasteiger partial charge in [-0.15, -0.1) is 0 Å². The van der Waals surface area contributed by atoms with Crippen molar-refractivity contribution in [2.45, 2.75) is 70.3 Å². The first kappa shape index (κ1) is 45.6. The molecule has 1 amide bonds. The molecule has 9 rings (SSSR count). The van der Waals surface area contributed by atoms with E-state index in [2.05, 4.69) is 25.5 Å². The number of nitrogens with zero attached hydrogens (tertiary/aromatic N) is 8.